The number of benzene rings is 2. The van der Waals surface area contributed by atoms with Gasteiger partial charge in [-0.3, -0.25) is 4.79 Å². The highest BCUT2D eigenvalue weighted by Crippen LogP contribution is 2.23. The molecule has 26 heavy (non-hydrogen) atoms. The number of esters is 1. The zero-order valence-corrected chi connectivity index (χ0v) is 14.6. The van der Waals surface area contributed by atoms with Gasteiger partial charge < -0.3 is 19.2 Å². The quantitative estimate of drug-likeness (QED) is 0.544. The number of fused-ring (bicyclic) bond motifs is 1. The normalized spacial score (nSPS) is 10.5. The van der Waals surface area contributed by atoms with Crippen LogP contribution in [0.1, 0.15) is 15.9 Å². The van der Waals surface area contributed by atoms with Crippen LogP contribution in [-0.2, 0) is 4.74 Å². The lowest BCUT2D eigenvalue weighted by Gasteiger charge is -2.12. The van der Waals surface area contributed by atoms with E-state index in [1.165, 1.54) is 13.3 Å². The van der Waals surface area contributed by atoms with Gasteiger partial charge in [-0.2, -0.15) is 0 Å². The molecule has 0 saturated heterocycles. The number of ether oxygens (including phenoxy) is 3. The number of para-hydroxylation sites is 1. The maximum absolute atomic E-state index is 12.4. The lowest BCUT2D eigenvalue weighted by molar-refractivity contribution is 0.0599. The second-order valence-corrected chi connectivity index (χ2v) is 5.70. The van der Waals surface area contributed by atoms with E-state index < -0.39 is 5.97 Å². The molecule has 2 aromatic carbocycles. The number of aromatic nitrogens is 1. The molecule has 0 atom stereocenters. The smallest absolute Gasteiger partial charge is 0.343 e. The predicted octanol–water partition coefficient (Wildman–Crippen LogP) is 3.08. The van der Waals surface area contributed by atoms with Crippen LogP contribution in [0.4, 0.5) is 0 Å². The molecule has 1 aromatic heterocycles. The van der Waals surface area contributed by atoms with Crippen molar-refractivity contribution < 1.29 is 19.0 Å². The fourth-order valence-electron chi connectivity index (χ4n) is 2.60. The van der Waals surface area contributed by atoms with Crippen LogP contribution in [0, 0.1) is 6.92 Å². The van der Waals surface area contributed by atoms with Gasteiger partial charge in [0, 0.05) is 17.6 Å². The Bertz CT molecular complexity index is 979. The molecule has 0 amide bonds. The van der Waals surface area contributed by atoms with Crippen molar-refractivity contribution in [3.05, 3.63) is 70.0 Å². The summed E-state index contributed by atoms with van der Waals surface area (Å²) in [6, 6.07) is 12.9. The van der Waals surface area contributed by atoms with Crippen molar-refractivity contribution in [2.45, 2.75) is 6.92 Å². The van der Waals surface area contributed by atoms with Gasteiger partial charge in [0.1, 0.15) is 30.3 Å². The van der Waals surface area contributed by atoms with Gasteiger partial charge in [0.05, 0.1) is 12.6 Å². The van der Waals surface area contributed by atoms with E-state index in [1.54, 1.807) is 12.1 Å². The van der Waals surface area contributed by atoms with Gasteiger partial charge >= 0.3 is 5.97 Å². The number of aryl methyl sites for hydroxylation is 1. The summed E-state index contributed by atoms with van der Waals surface area (Å²) < 4.78 is 16.0. The van der Waals surface area contributed by atoms with Crippen LogP contribution in [-0.4, -0.2) is 31.3 Å². The van der Waals surface area contributed by atoms with Crippen molar-refractivity contribution in [3.63, 3.8) is 0 Å². The van der Waals surface area contributed by atoms with Crippen molar-refractivity contribution in [1.82, 2.24) is 4.98 Å². The van der Waals surface area contributed by atoms with E-state index in [1.807, 2.05) is 37.3 Å². The third-order valence-corrected chi connectivity index (χ3v) is 3.93. The molecule has 0 spiro atoms. The zero-order chi connectivity index (χ0) is 18.5. The summed E-state index contributed by atoms with van der Waals surface area (Å²) in [5.41, 5.74) is 0.994. The van der Waals surface area contributed by atoms with Crippen LogP contribution in [0.5, 0.6) is 11.5 Å². The van der Waals surface area contributed by atoms with Crippen LogP contribution in [0.2, 0.25) is 0 Å². The third kappa shape index (κ3) is 3.69. The first kappa shape index (κ1) is 17.5. The summed E-state index contributed by atoms with van der Waals surface area (Å²) >= 11 is 0. The first-order chi connectivity index (χ1) is 12.6. The van der Waals surface area contributed by atoms with Gasteiger partial charge in [0.25, 0.3) is 0 Å². The number of aromatic amines is 1. The summed E-state index contributed by atoms with van der Waals surface area (Å²) in [7, 11) is 1.24. The van der Waals surface area contributed by atoms with Crippen LogP contribution >= 0.6 is 0 Å². The van der Waals surface area contributed by atoms with Crippen molar-refractivity contribution in [2.75, 3.05) is 20.3 Å². The molecule has 0 aliphatic carbocycles. The van der Waals surface area contributed by atoms with E-state index >= 15 is 0 Å². The lowest BCUT2D eigenvalue weighted by atomic mass is 10.1. The SMILES string of the molecule is COC(=O)c1c[nH]c2cc(OCCOc3ccccc3)c(C)cc2c1=O. The number of rotatable bonds is 6. The van der Waals surface area contributed by atoms with E-state index in [2.05, 4.69) is 9.72 Å². The molecule has 0 aliphatic rings. The first-order valence-corrected chi connectivity index (χ1v) is 8.15. The standard InChI is InChI=1S/C20H19NO5/c1-13-10-15-17(21-12-16(19(15)22)20(23)24-2)11-18(13)26-9-8-25-14-6-4-3-5-7-14/h3-7,10-12H,8-9H2,1-2H3,(H,21,22). The average Bonchev–Trinajstić information content (AvgIpc) is 2.66. The fraction of sp³-hybridized carbons (Fsp3) is 0.200. The van der Waals surface area contributed by atoms with Crippen LogP contribution in [0.25, 0.3) is 10.9 Å². The van der Waals surface area contributed by atoms with E-state index in [4.69, 9.17) is 9.47 Å². The summed E-state index contributed by atoms with van der Waals surface area (Å²) in [5, 5.41) is 0.415. The Balaban J connectivity index is 1.74. The summed E-state index contributed by atoms with van der Waals surface area (Å²) in [6.45, 7) is 2.61. The Kier molecular flexibility index (Phi) is 5.22. The number of pyridine rings is 1. The first-order valence-electron chi connectivity index (χ1n) is 8.15. The second-order valence-electron chi connectivity index (χ2n) is 5.70. The molecule has 3 aromatic rings. The lowest BCUT2D eigenvalue weighted by Crippen LogP contribution is -2.17. The van der Waals surface area contributed by atoms with E-state index in [0.29, 0.717) is 29.9 Å². The van der Waals surface area contributed by atoms with Crippen molar-refractivity contribution in [3.8, 4) is 11.5 Å². The van der Waals surface area contributed by atoms with Crippen molar-refractivity contribution in [2.24, 2.45) is 0 Å². The molecule has 6 heteroatoms. The molecule has 0 fully saturated rings. The molecular weight excluding hydrogens is 334 g/mol. The summed E-state index contributed by atoms with van der Waals surface area (Å²) in [6.07, 6.45) is 1.36. The van der Waals surface area contributed by atoms with Gasteiger partial charge in [-0.05, 0) is 30.7 Å². The average molecular weight is 353 g/mol. The van der Waals surface area contributed by atoms with Gasteiger partial charge in [-0.15, -0.1) is 0 Å². The third-order valence-electron chi connectivity index (χ3n) is 3.93. The minimum atomic E-state index is -0.663. The Morgan fingerprint density at radius 3 is 2.54 bits per heavy atom. The molecule has 0 aliphatic heterocycles. The Labute approximate surface area is 150 Å². The molecule has 0 saturated carbocycles. The van der Waals surface area contributed by atoms with Crippen LogP contribution in [0.3, 0.4) is 0 Å². The Morgan fingerprint density at radius 1 is 1.08 bits per heavy atom. The number of hydrogen-bond donors (Lipinski definition) is 1. The number of carbonyl (C=O) groups is 1. The highest BCUT2D eigenvalue weighted by atomic mass is 16.5. The maximum atomic E-state index is 12.4. The monoisotopic (exact) mass is 353 g/mol. The fourth-order valence-corrected chi connectivity index (χ4v) is 2.60. The number of nitrogens with one attached hydrogen (secondary N) is 1. The number of hydrogen-bond acceptors (Lipinski definition) is 5. The second kappa shape index (κ2) is 7.74. The number of H-pyrrole nitrogens is 1. The molecule has 0 radical (unpaired) electrons. The van der Waals surface area contributed by atoms with Gasteiger partial charge in [-0.25, -0.2) is 4.79 Å². The molecular formula is C20H19NO5. The topological polar surface area (TPSA) is 77.6 Å². The van der Waals surface area contributed by atoms with Gasteiger partial charge in [0.2, 0.25) is 5.43 Å². The highest BCUT2D eigenvalue weighted by molar-refractivity contribution is 5.93. The predicted molar refractivity (Wildman–Crippen MR) is 98.1 cm³/mol. The molecule has 134 valence electrons. The molecule has 6 nitrogen and oxygen atoms in total. The molecule has 3 rings (SSSR count). The van der Waals surface area contributed by atoms with E-state index in [0.717, 1.165) is 11.3 Å². The molecule has 0 unspecified atom stereocenters. The maximum Gasteiger partial charge on any atom is 0.343 e. The van der Waals surface area contributed by atoms with Crippen molar-refractivity contribution >= 4 is 16.9 Å². The van der Waals surface area contributed by atoms with E-state index in [-0.39, 0.29) is 11.0 Å². The highest BCUT2D eigenvalue weighted by Gasteiger charge is 2.14. The minimum Gasteiger partial charge on any atom is -0.490 e. The van der Waals surface area contributed by atoms with Crippen molar-refractivity contribution in [1.29, 1.82) is 0 Å². The molecule has 0 bridgehead atoms. The van der Waals surface area contributed by atoms with E-state index in [9.17, 15) is 9.59 Å². The number of carbonyl (C=O) groups excluding carboxylic acids is 1. The Hall–Kier alpha value is -3.28. The van der Waals surface area contributed by atoms with Gasteiger partial charge in [0.15, 0.2) is 0 Å². The Morgan fingerprint density at radius 2 is 1.81 bits per heavy atom. The summed E-state index contributed by atoms with van der Waals surface area (Å²) in [5.74, 6) is 0.769. The van der Waals surface area contributed by atoms with Crippen LogP contribution < -0.4 is 14.9 Å². The number of methoxy groups -OCH3 is 1. The minimum absolute atomic E-state index is 0.0238. The van der Waals surface area contributed by atoms with Crippen LogP contribution in [0.15, 0.2) is 53.5 Å². The zero-order valence-electron chi connectivity index (χ0n) is 14.6. The molecule has 1 N–H and O–H groups in total. The summed E-state index contributed by atoms with van der Waals surface area (Å²) in [4.78, 5) is 27.0. The van der Waals surface area contributed by atoms with Gasteiger partial charge in [-0.1, -0.05) is 18.2 Å². The largest absolute Gasteiger partial charge is 0.490 e. The molecule has 1 heterocycles.